The first-order chi connectivity index (χ1) is 17.6. The van der Waals surface area contributed by atoms with Crippen LogP contribution in [0.3, 0.4) is 0 Å². The lowest BCUT2D eigenvalue weighted by Crippen LogP contribution is -2.42. The summed E-state index contributed by atoms with van der Waals surface area (Å²) in [5.74, 6) is 0.373. The standard InChI is InChI=1S/C28H39N7O2/c1-6-24(36)32-21-11-12-22(18(21)2)35(5)23-17-30-25(26(29)37)27(33-23)31-20-9-7-19(8-10-20)28(3)13-15-34(4)16-14-28/h6-10,17-18,21-22H,1,11-16H2,2-5H3,(H2,29,37)(H,31,33)(H,32,36)/t18-,21?,22+/m0/s1. The molecule has 2 fully saturated rings. The molecule has 9 heteroatoms. The van der Waals surface area contributed by atoms with Gasteiger partial charge in [0.05, 0.1) is 6.20 Å². The molecule has 9 nitrogen and oxygen atoms in total. The molecule has 1 saturated carbocycles. The third kappa shape index (κ3) is 5.77. The molecule has 37 heavy (non-hydrogen) atoms. The van der Waals surface area contributed by atoms with Gasteiger partial charge in [-0.1, -0.05) is 32.6 Å². The average Bonchev–Trinajstić information content (AvgIpc) is 3.25. The highest BCUT2D eigenvalue weighted by molar-refractivity contribution is 5.96. The number of amides is 2. The molecule has 1 aromatic carbocycles. The minimum atomic E-state index is -0.638. The van der Waals surface area contributed by atoms with Crippen LogP contribution in [0.15, 0.2) is 43.1 Å². The van der Waals surface area contributed by atoms with Crippen molar-refractivity contribution in [1.29, 1.82) is 0 Å². The van der Waals surface area contributed by atoms with E-state index in [1.54, 1.807) is 6.20 Å². The van der Waals surface area contributed by atoms with Crippen LogP contribution in [0.25, 0.3) is 0 Å². The summed E-state index contributed by atoms with van der Waals surface area (Å²) in [5, 5.41) is 6.29. The molecular formula is C28H39N7O2. The SMILES string of the molecule is C=CC(=O)NC1CC[C@@H](N(C)c2cnc(C(N)=O)c(Nc3ccc(C4(C)CCN(C)CC4)cc3)n2)[C@H]1C. The third-order valence-corrected chi connectivity index (χ3v) is 8.32. The Morgan fingerprint density at radius 3 is 2.51 bits per heavy atom. The number of benzene rings is 1. The zero-order chi connectivity index (χ0) is 26.7. The molecule has 2 amide bonds. The van der Waals surface area contributed by atoms with E-state index < -0.39 is 5.91 Å². The fourth-order valence-electron chi connectivity index (χ4n) is 5.62. The molecule has 0 spiro atoms. The van der Waals surface area contributed by atoms with E-state index in [2.05, 4.69) is 65.0 Å². The summed E-state index contributed by atoms with van der Waals surface area (Å²) in [6.45, 7) is 10.2. The maximum atomic E-state index is 12.1. The molecule has 198 valence electrons. The number of carbonyl (C=O) groups excluding carboxylic acids is 2. The van der Waals surface area contributed by atoms with Crippen molar-refractivity contribution in [2.75, 3.05) is 37.4 Å². The molecule has 1 aromatic heterocycles. The van der Waals surface area contributed by atoms with Crippen molar-refractivity contribution in [3.63, 3.8) is 0 Å². The lowest BCUT2D eigenvalue weighted by Gasteiger charge is -2.38. The van der Waals surface area contributed by atoms with E-state index in [1.165, 1.54) is 11.6 Å². The van der Waals surface area contributed by atoms with Crippen LogP contribution in [0, 0.1) is 5.92 Å². The molecule has 2 heterocycles. The summed E-state index contributed by atoms with van der Waals surface area (Å²) in [6.07, 6.45) is 6.90. The van der Waals surface area contributed by atoms with Crippen LogP contribution >= 0.6 is 0 Å². The highest BCUT2D eigenvalue weighted by Crippen LogP contribution is 2.36. The van der Waals surface area contributed by atoms with E-state index in [9.17, 15) is 9.59 Å². The molecule has 1 saturated heterocycles. The van der Waals surface area contributed by atoms with Gasteiger partial charge in [0.15, 0.2) is 11.5 Å². The second-order valence-electron chi connectivity index (χ2n) is 10.8. The van der Waals surface area contributed by atoms with Gasteiger partial charge in [0.2, 0.25) is 5.91 Å². The first-order valence-electron chi connectivity index (χ1n) is 13.0. The highest BCUT2D eigenvalue weighted by Gasteiger charge is 2.36. The number of primary amides is 1. The molecule has 2 aromatic rings. The molecule has 4 rings (SSSR count). The van der Waals surface area contributed by atoms with Crippen LogP contribution in [0.2, 0.25) is 0 Å². The molecule has 1 unspecified atom stereocenters. The highest BCUT2D eigenvalue weighted by atomic mass is 16.2. The topological polar surface area (TPSA) is 116 Å². The van der Waals surface area contributed by atoms with Crippen LogP contribution in [-0.2, 0) is 10.2 Å². The van der Waals surface area contributed by atoms with Gasteiger partial charge in [-0.15, -0.1) is 0 Å². The van der Waals surface area contributed by atoms with Gasteiger partial charge >= 0.3 is 0 Å². The molecule has 1 aliphatic carbocycles. The Kier molecular flexibility index (Phi) is 7.82. The number of aromatic nitrogens is 2. The Morgan fingerprint density at radius 1 is 1.22 bits per heavy atom. The van der Waals surface area contributed by atoms with Gasteiger partial charge in [-0.3, -0.25) is 9.59 Å². The lowest BCUT2D eigenvalue weighted by atomic mass is 9.74. The third-order valence-electron chi connectivity index (χ3n) is 8.32. The number of anilines is 3. The summed E-state index contributed by atoms with van der Waals surface area (Å²) < 4.78 is 0. The zero-order valence-corrected chi connectivity index (χ0v) is 22.3. The van der Waals surface area contributed by atoms with Gasteiger partial charge in [-0.2, -0.15) is 0 Å². The van der Waals surface area contributed by atoms with Crippen molar-refractivity contribution >= 4 is 29.1 Å². The number of piperidine rings is 1. The summed E-state index contributed by atoms with van der Waals surface area (Å²) >= 11 is 0. The second kappa shape index (κ2) is 10.9. The number of carbonyl (C=O) groups is 2. The van der Waals surface area contributed by atoms with E-state index in [4.69, 9.17) is 10.7 Å². The van der Waals surface area contributed by atoms with Gasteiger partial charge in [-0.25, -0.2) is 9.97 Å². The van der Waals surface area contributed by atoms with Crippen molar-refractivity contribution in [2.45, 2.75) is 57.0 Å². The molecule has 3 atom stereocenters. The molecule has 2 aliphatic rings. The predicted molar refractivity (Wildman–Crippen MR) is 147 cm³/mol. The first-order valence-corrected chi connectivity index (χ1v) is 13.0. The van der Waals surface area contributed by atoms with E-state index >= 15 is 0 Å². The number of hydrogen-bond donors (Lipinski definition) is 3. The normalized spacial score (nSPS) is 23.3. The predicted octanol–water partition coefficient (Wildman–Crippen LogP) is 3.21. The Morgan fingerprint density at radius 2 is 1.89 bits per heavy atom. The Hall–Kier alpha value is -3.46. The maximum Gasteiger partial charge on any atom is 0.271 e. The zero-order valence-electron chi connectivity index (χ0n) is 22.3. The van der Waals surface area contributed by atoms with E-state index in [1.807, 2.05) is 19.2 Å². The summed E-state index contributed by atoms with van der Waals surface area (Å²) in [4.78, 5) is 37.5. The van der Waals surface area contributed by atoms with Crippen LogP contribution in [-0.4, -0.2) is 66.0 Å². The number of nitrogens with zero attached hydrogens (tertiary/aromatic N) is 4. The fourth-order valence-corrected chi connectivity index (χ4v) is 5.62. The van der Waals surface area contributed by atoms with Gasteiger partial charge in [-0.05, 0) is 80.9 Å². The molecular weight excluding hydrogens is 466 g/mol. The minimum Gasteiger partial charge on any atom is -0.364 e. The van der Waals surface area contributed by atoms with E-state index in [0.717, 1.165) is 44.5 Å². The lowest BCUT2D eigenvalue weighted by molar-refractivity contribution is -0.117. The number of hydrogen-bond acceptors (Lipinski definition) is 7. The fraction of sp³-hybridized carbons (Fsp3) is 0.500. The summed E-state index contributed by atoms with van der Waals surface area (Å²) in [6, 6.07) is 8.57. The number of nitrogens with one attached hydrogen (secondary N) is 2. The molecule has 1 aliphatic heterocycles. The molecule has 0 radical (unpaired) electrons. The molecule has 4 N–H and O–H groups in total. The van der Waals surface area contributed by atoms with Crippen molar-refractivity contribution in [1.82, 2.24) is 20.2 Å². The second-order valence-corrected chi connectivity index (χ2v) is 10.8. The smallest absolute Gasteiger partial charge is 0.271 e. The Balaban J connectivity index is 1.52. The maximum absolute atomic E-state index is 12.1. The minimum absolute atomic E-state index is 0.0679. The largest absolute Gasteiger partial charge is 0.364 e. The van der Waals surface area contributed by atoms with Crippen molar-refractivity contribution in [3.05, 3.63) is 54.4 Å². The van der Waals surface area contributed by atoms with E-state index in [0.29, 0.717) is 11.6 Å². The Labute approximate surface area is 219 Å². The van der Waals surface area contributed by atoms with Crippen molar-refractivity contribution in [3.8, 4) is 0 Å². The van der Waals surface area contributed by atoms with Crippen LogP contribution in [0.1, 0.15) is 55.6 Å². The van der Waals surface area contributed by atoms with Crippen molar-refractivity contribution < 1.29 is 9.59 Å². The summed E-state index contributed by atoms with van der Waals surface area (Å²) in [7, 11) is 4.13. The first kappa shape index (κ1) is 26.6. The number of nitrogens with two attached hydrogens (primary N) is 1. The van der Waals surface area contributed by atoms with Crippen LogP contribution in [0.4, 0.5) is 17.3 Å². The van der Waals surface area contributed by atoms with Gasteiger partial charge in [0.1, 0.15) is 5.82 Å². The van der Waals surface area contributed by atoms with E-state index in [-0.39, 0.29) is 35.0 Å². The Bertz CT molecular complexity index is 1140. The number of likely N-dealkylation sites (tertiary alicyclic amines) is 1. The monoisotopic (exact) mass is 505 g/mol. The average molecular weight is 506 g/mol. The quantitative estimate of drug-likeness (QED) is 0.472. The number of rotatable bonds is 8. The van der Waals surface area contributed by atoms with Crippen LogP contribution in [0.5, 0.6) is 0 Å². The molecule has 0 bridgehead atoms. The van der Waals surface area contributed by atoms with Gasteiger partial charge in [0, 0.05) is 24.8 Å². The van der Waals surface area contributed by atoms with Gasteiger partial charge in [0.25, 0.3) is 5.91 Å². The van der Waals surface area contributed by atoms with Crippen LogP contribution < -0.4 is 21.3 Å². The van der Waals surface area contributed by atoms with Crippen molar-refractivity contribution in [2.24, 2.45) is 11.7 Å². The summed E-state index contributed by atoms with van der Waals surface area (Å²) in [5.41, 5.74) is 8.01. The van der Waals surface area contributed by atoms with Gasteiger partial charge < -0.3 is 26.2 Å².